The molecule has 1 heterocycles. The van der Waals surface area contributed by atoms with Crippen LogP contribution in [0.5, 0.6) is 0 Å². The third kappa shape index (κ3) is 2.33. The summed E-state index contributed by atoms with van der Waals surface area (Å²) in [6.07, 6.45) is 1.74. The Kier molecular flexibility index (Phi) is 2.76. The number of carbonyl (C=O) groups excluding carboxylic acids is 1. The van der Waals surface area contributed by atoms with Gasteiger partial charge >= 0.3 is 0 Å². The number of anilines is 1. The zero-order valence-electron chi connectivity index (χ0n) is 10.5. The number of rotatable bonds is 2. The molecule has 1 aromatic heterocycles. The number of aromatic amines is 2. The van der Waals surface area contributed by atoms with Crippen LogP contribution in [0.3, 0.4) is 0 Å². The molecule has 0 unspecified atom stereocenters. The Hall–Kier alpha value is -2.62. The van der Waals surface area contributed by atoms with Gasteiger partial charge < -0.3 is 5.32 Å². The summed E-state index contributed by atoms with van der Waals surface area (Å²) in [7, 11) is 0. The summed E-state index contributed by atoms with van der Waals surface area (Å²) in [5, 5.41) is 2.88. The Morgan fingerprint density at radius 2 is 1.95 bits per heavy atom. The highest BCUT2D eigenvalue weighted by molar-refractivity contribution is 6.05. The summed E-state index contributed by atoms with van der Waals surface area (Å²) in [4.78, 5) is 18.2. The van der Waals surface area contributed by atoms with Crippen LogP contribution in [-0.4, -0.2) is 10.9 Å². The van der Waals surface area contributed by atoms with Gasteiger partial charge in [0, 0.05) is 17.3 Å². The molecular weight excluding hydrogens is 238 g/mol. The second kappa shape index (κ2) is 4.57. The maximum absolute atomic E-state index is 12.1. The van der Waals surface area contributed by atoms with Crippen LogP contribution in [0, 0.1) is 6.92 Å². The minimum Gasteiger partial charge on any atom is -0.322 e. The first-order chi connectivity index (χ1) is 9.22. The summed E-state index contributed by atoms with van der Waals surface area (Å²) in [5.41, 5.74) is 4.49. The van der Waals surface area contributed by atoms with Gasteiger partial charge in [-0.25, -0.2) is 9.97 Å². The fraction of sp³-hybridized carbons (Fsp3) is 0.0667. The first-order valence-corrected chi connectivity index (χ1v) is 6.09. The van der Waals surface area contributed by atoms with E-state index < -0.39 is 0 Å². The smallest absolute Gasteiger partial charge is 0.255 e. The van der Waals surface area contributed by atoms with Gasteiger partial charge in [0.1, 0.15) is 0 Å². The molecule has 0 atom stereocenters. The van der Waals surface area contributed by atoms with E-state index in [2.05, 4.69) is 15.3 Å². The number of aryl methyl sites for hydroxylation is 1. The number of H-pyrrole nitrogens is 2. The van der Waals surface area contributed by atoms with E-state index in [1.54, 1.807) is 12.4 Å². The number of fused-ring (bicyclic) bond motifs is 1. The number of nitrogens with one attached hydrogen (secondary N) is 3. The van der Waals surface area contributed by atoms with Gasteiger partial charge in [-0.15, -0.1) is 0 Å². The SMILES string of the molecule is Cc1ccc(NC(=O)c2ccc3[nH+]c[nH]c3c2)cc1. The number of carbonyl (C=O) groups is 1. The second-order valence-electron chi connectivity index (χ2n) is 4.51. The van der Waals surface area contributed by atoms with E-state index in [0.29, 0.717) is 5.56 Å². The van der Waals surface area contributed by atoms with E-state index in [9.17, 15) is 4.79 Å². The molecule has 0 saturated heterocycles. The van der Waals surface area contributed by atoms with Crippen molar-refractivity contribution in [2.75, 3.05) is 5.32 Å². The molecule has 0 radical (unpaired) electrons. The molecule has 0 aliphatic heterocycles. The lowest BCUT2D eigenvalue weighted by molar-refractivity contribution is -0.344. The molecule has 4 heteroatoms. The number of amides is 1. The van der Waals surface area contributed by atoms with Crippen molar-refractivity contribution < 1.29 is 9.78 Å². The zero-order valence-corrected chi connectivity index (χ0v) is 10.5. The van der Waals surface area contributed by atoms with Crippen LogP contribution in [-0.2, 0) is 0 Å². The number of aromatic nitrogens is 2. The molecule has 1 amide bonds. The number of imidazole rings is 1. The zero-order chi connectivity index (χ0) is 13.2. The summed E-state index contributed by atoms with van der Waals surface area (Å²) in [6, 6.07) is 13.3. The highest BCUT2D eigenvalue weighted by atomic mass is 16.1. The predicted molar refractivity (Wildman–Crippen MR) is 74.0 cm³/mol. The van der Waals surface area contributed by atoms with Crippen LogP contribution in [0.1, 0.15) is 15.9 Å². The van der Waals surface area contributed by atoms with Gasteiger partial charge in [0.2, 0.25) is 6.33 Å². The monoisotopic (exact) mass is 252 g/mol. The topological polar surface area (TPSA) is 59.0 Å². The molecule has 2 aromatic carbocycles. The molecule has 3 N–H and O–H groups in total. The Labute approximate surface area is 110 Å². The fourth-order valence-corrected chi connectivity index (χ4v) is 1.96. The maximum Gasteiger partial charge on any atom is 0.255 e. The Balaban J connectivity index is 1.84. The molecule has 0 saturated carbocycles. The average Bonchev–Trinajstić information content (AvgIpc) is 2.88. The third-order valence-corrected chi connectivity index (χ3v) is 3.05. The first kappa shape index (κ1) is 11.5. The van der Waals surface area contributed by atoms with Gasteiger partial charge in [0.25, 0.3) is 5.91 Å². The molecule has 4 nitrogen and oxygen atoms in total. The van der Waals surface area contributed by atoms with E-state index in [1.165, 1.54) is 5.56 Å². The van der Waals surface area contributed by atoms with Gasteiger partial charge in [-0.05, 0) is 31.2 Å². The number of benzene rings is 2. The van der Waals surface area contributed by atoms with Crippen molar-refractivity contribution in [1.82, 2.24) is 4.98 Å². The second-order valence-corrected chi connectivity index (χ2v) is 4.51. The third-order valence-electron chi connectivity index (χ3n) is 3.05. The van der Waals surface area contributed by atoms with E-state index in [0.717, 1.165) is 16.7 Å². The van der Waals surface area contributed by atoms with Crippen molar-refractivity contribution in [3.8, 4) is 0 Å². The summed E-state index contributed by atoms with van der Waals surface area (Å²) in [6.45, 7) is 2.02. The molecule has 0 aliphatic carbocycles. The van der Waals surface area contributed by atoms with E-state index in [4.69, 9.17) is 0 Å². The Morgan fingerprint density at radius 1 is 1.16 bits per heavy atom. The minimum atomic E-state index is -0.111. The van der Waals surface area contributed by atoms with Crippen molar-refractivity contribution >= 4 is 22.6 Å². The van der Waals surface area contributed by atoms with Gasteiger partial charge in [0.05, 0.1) is 0 Å². The van der Waals surface area contributed by atoms with Crippen molar-refractivity contribution in [1.29, 1.82) is 0 Å². The van der Waals surface area contributed by atoms with Gasteiger partial charge in [-0.3, -0.25) is 4.79 Å². The molecule has 19 heavy (non-hydrogen) atoms. The largest absolute Gasteiger partial charge is 0.322 e. The van der Waals surface area contributed by atoms with Crippen molar-refractivity contribution in [3.63, 3.8) is 0 Å². The number of hydrogen-bond donors (Lipinski definition) is 2. The van der Waals surface area contributed by atoms with Gasteiger partial charge in [0.15, 0.2) is 11.0 Å². The summed E-state index contributed by atoms with van der Waals surface area (Å²) < 4.78 is 0. The number of hydrogen-bond acceptors (Lipinski definition) is 1. The van der Waals surface area contributed by atoms with Crippen molar-refractivity contribution in [2.24, 2.45) is 0 Å². The van der Waals surface area contributed by atoms with Gasteiger partial charge in [-0.2, -0.15) is 0 Å². The lowest BCUT2D eigenvalue weighted by Crippen LogP contribution is -2.11. The van der Waals surface area contributed by atoms with E-state index in [-0.39, 0.29) is 5.91 Å². The average molecular weight is 252 g/mol. The molecule has 3 rings (SSSR count). The molecule has 3 aromatic rings. The highest BCUT2D eigenvalue weighted by Gasteiger charge is 2.09. The molecule has 0 fully saturated rings. The summed E-state index contributed by atoms with van der Waals surface area (Å²) in [5.74, 6) is -0.111. The highest BCUT2D eigenvalue weighted by Crippen LogP contribution is 2.13. The lowest BCUT2D eigenvalue weighted by Gasteiger charge is -2.05. The van der Waals surface area contributed by atoms with Crippen LogP contribution >= 0.6 is 0 Å². The molecule has 0 bridgehead atoms. The Bertz CT molecular complexity index is 728. The summed E-state index contributed by atoms with van der Waals surface area (Å²) >= 11 is 0. The molecule has 0 spiro atoms. The first-order valence-electron chi connectivity index (χ1n) is 6.09. The molecule has 94 valence electrons. The quantitative estimate of drug-likeness (QED) is 0.723. The maximum atomic E-state index is 12.1. The fourth-order valence-electron chi connectivity index (χ4n) is 1.96. The van der Waals surface area contributed by atoms with E-state index in [1.807, 2.05) is 43.3 Å². The van der Waals surface area contributed by atoms with Crippen LogP contribution in [0.25, 0.3) is 11.0 Å². The van der Waals surface area contributed by atoms with Gasteiger partial charge in [-0.1, -0.05) is 17.7 Å². The van der Waals surface area contributed by atoms with Crippen LogP contribution in [0.4, 0.5) is 5.69 Å². The lowest BCUT2D eigenvalue weighted by atomic mass is 10.1. The predicted octanol–water partition coefficient (Wildman–Crippen LogP) is 2.54. The Morgan fingerprint density at radius 3 is 2.74 bits per heavy atom. The standard InChI is InChI=1S/C15H13N3O/c1-10-2-5-12(6-3-10)18-15(19)11-4-7-13-14(8-11)17-9-16-13/h2-9H,1H3,(H,16,17)(H,18,19)/p+1. The van der Waals surface area contributed by atoms with Crippen molar-refractivity contribution in [3.05, 3.63) is 59.9 Å². The van der Waals surface area contributed by atoms with Crippen LogP contribution < -0.4 is 10.3 Å². The van der Waals surface area contributed by atoms with Crippen molar-refractivity contribution in [2.45, 2.75) is 6.92 Å². The molecular formula is C15H14N3O+. The van der Waals surface area contributed by atoms with E-state index >= 15 is 0 Å². The van der Waals surface area contributed by atoms with Crippen LogP contribution in [0.15, 0.2) is 48.8 Å². The molecule has 0 aliphatic rings. The minimum absolute atomic E-state index is 0.111. The van der Waals surface area contributed by atoms with Crippen LogP contribution in [0.2, 0.25) is 0 Å². The normalized spacial score (nSPS) is 10.6.